The maximum atomic E-state index is 3.70. The Hall–Kier alpha value is -1.28. The van der Waals surface area contributed by atoms with Gasteiger partial charge < -0.3 is 37.2 Å². The van der Waals surface area contributed by atoms with E-state index in [1.807, 2.05) is 0 Å². The molecule has 0 spiro atoms. The van der Waals surface area contributed by atoms with Gasteiger partial charge in [0.2, 0.25) is 0 Å². The Kier molecular flexibility index (Phi) is 15.0. The van der Waals surface area contributed by atoms with Gasteiger partial charge >= 0.3 is 21.7 Å². The Morgan fingerprint density at radius 3 is 1.26 bits per heavy atom. The number of hydrogen-bond acceptors (Lipinski definition) is 0. The van der Waals surface area contributed by atoms with Crippen molar-refractivity contribution in [3.63, 3.8) is 0 Å². The summed E-state index contributed by atoms with van der Waals surface area (Å²) in [6.45, 7) is 15.7. The fourth-order valence-electron chi connectivity index (χ4n) is 6.04. The van der Waals surface area contributed by atoms with Gasteiger partial charge in [0.15, 0.2) is 0 Å². The molecule has 0 saturated heterocycles. The molecule has 38 heavy (non-hydrogen) atoms. The molecule has 0 nitrogen and oxygen atoms in total. The van der Waals surface area contributed by atoms with E-state index in [0.29, 0.717) is 0 Å². The second-order valence-corrected chi connectivity index (χ2v) is 10.5. The number of hydrogen-bond donors (Lipinski definition) is 0. The van der Waals surface area contributed by atoms with Crippen LogP contribution in [-0.4, -0.2) is 0 Å². The van der Waals surface area contributed by atoms with E-state index >= 15 is 0 Å². The molecule has 4 heteroatoms. The first-order valence-electron chi connectivity index (χ1n) is 12.8. The standard InChI is InChI=1S/C34H39.3ClH.Ti/c1-8-9-11-29-12-10-13-33(29)34(30-17-23(2)14-24(3)18-30,31-19-25(4)15-26(5)20-31)32-21-27(6)16-28(7)22-32;;;;/h10,14-22H,8-9,11,13H2,1-7H3;3*1H;/q-1;;;;+4/p-3. The summed E-state index contributed by atoms with van der Waals surface area (Å²) >= 11 is 0. The number of benzene rings is 3. The van der Waals surface area contributed by atoms with Gasteiger partial charge in [-0.25, -0.2) is 5.57 Å². The molecule has 0 aromatic heterocycles. The third kappa shape index (κ3) is 7.47. The fourth-order valence-corrected chi connectivity index (χ4v) is 6.04. The van der Waals surface area contributed by atoms with E-state index in [0.717, 1.165) is 12.8 Å². The third-order valence-corrected chi connectivity index (χ3v) is 7.14. The molecule has 0 amide bonds. The Bertz CT molecular complexity index is 1100. The fraction of sp³-hybridized carbons (Fsp3) is 0.353. The summed E-state index contributed by atoms with van der Waals surface area (Å²) in [6, 6.07) is 21.4. The summed E-state index contributed by atoms with van der Waals surface area (Å²) in [5.74, 6) is 0. The van der Waals surface area contributed by atoms with E-state index in [9.17, 15) is 0 Å². The molecule has 4 rings (SSSR count). The van der Waals surface area contributed by atoms with Crippen LogP contribution >= 0.6 is 0 Å². The van der Waals surface area contributed by atoms with Gasteiger partial charge in [0.05, 0.1) is 0 Å². The summed E-state index contributed by atoms with van der Waals surface area (Å²) < 4.78 is 0. The summed E-state index contributed by atoms with van der Waals surface area (Å²) in [4.78, 5) is 0. The van der Waals surface area contributed by atoms with E-state index in [1.165, 1.54) is 74.1 Å². The van der Waals surface area contributed by atoms with E-state index in [1.54, 1.807) is 0 Å². The van der Waals surface area contributed by atoms with E-state index in [-0.39, 0.29) is 64.4 Å². The largest absolute Gasteiger partial charge is 4.00 e. The second kappa shape index (κ2) is 15.5. The molecular formula is C34H39Cl3Ti. The minimum absolute atomic E-state index is 0. The van der Waals surface area contributed by atoms with Crippen LogP contribution in [-0.2, 0) is 27.1 Å². The minimum atomic E-state index is -0.340. The predicted molar refractivity (Wildman–Crippen MR) is 147 cm³/mol. The smallest absolute Gasteiger partial charge is 1.00 e. The van der Waals surface area contributed by atoms with Crippen molar-refractivity contribution in [2.24, 2.45) is 0 Å². The van der Waals surface area contributed by atoms with Crippen LogP contribution in [0.2, 0.25) is 0 Å². The van der Waals surface area contributed by atoms with Crippen molar-refractivity contribution in [2.45, 2.75) is 79.6 Å². The molecule has 0 fully saturated rings. The summed E-state index contributed by atoms with van der Waals surface area (Å²) in [7, 11) is 0. The van der Waals surface area contributed by atoms with Gasteiger partial charge in [-0.15, -0.1) is 0 Å². The van der Waals surface area contributed by atoms with Crippen molar-refractivity contribution in [3.05, 3.63) is 128 Å². The Morgan fingerprint density at radius 1 is 0.605 bits per heavy atom. The summed E-state index contributed by atoms with van der Waals surface area (Å²) in [5.41, 5.74) is 14.6. The molecule has 0 saturated carbocycles. The van der Waals surface area contributed by atoms with Crippen LogP contribution < -0.4 is 37.2 Å². The van der Waals surface area contributed by atoms with Crippen LogP contribution in [0.5, 0.6) is 0 Å². The molecule has 200 valence electrons. The van der Waals surface area contributed by atoms with Crippen LogP contribution in [0.4, 0.5) is 0 Å². The van der Waals surface area contributed by atoms with Gasteiger partial charge in [0.1, 0.15) is 0 Å². The second-order valence-electron chi connectivity index (χ2n) is 10.5. The molecule has 0 aliphatic heterocycles. The summed E-state index contributed by atoms with van der Waals surface area (Å²) in [5, 5.41) is 0. The molecule has 1 aliphatic carbocycles. The molecule has 0 heterocycles. The normalized spacial score (nSPS) is 12.3. The number of allylic oxidation sites excluding steroid dienone is 4. The molecule has 0 unspecified atom stereocenters. The number of unbranched alkanes of at least 4 members (excludes halogenated alkanes) is 1. The molecule has 1 aliphatic rings. The molecular weight excluding hydrogens is 563 g/mol. The number of aryl methyl sites for hydroxylation is 6. The molecule has 3 aromatic rings. The van der Waals surface area contributed by atoms with Crippen LogP contribution in [0.3, 0.4) is 0 Å². The van der Waals surface area contributed by atoms with Crippen molar-refractivity contribution in [3.8, 4) is 0 Å². The van der Waals surface area contributed by atoms with E-state index in [2.05, 4.69) is 115 Å². The first-order chi connectivity index (χ1) is 16.2. The third-order valence-electron chi connectivity index (χ3n) is 7.14. The summed E-state index contributed by atoms with van der Waals surface area (Å²) in [6.07, 6.45) is 10.4. The molecule has 0 N–H and O–H groups in total. The minimum Gasteiger partial charge on any atom is -1.00 e. The first kappa shape index (κ1) is 36.7. The van der Waals surface area contributed by atoms with E-state index < -0.39 is 0 Å². The van der Waals surface area contributed by atoms with Gasteiger partial charge in [0.25, 0.3) is 0 Å². The quantitative estimate of drug-likeness (QED) is 0.205. The zero-order valence-corrected chi connectivity index (χ0v) is 27.6. The molecule has 0 bridgehead atoms. The number of rotatable bonds is 7. The SMILES string of the molecule is CCCCC1=C(C(c2cc(C)cc(C)c2)(c2cc(C)cc(C)c2)c2cc(C)cc(C)c2)CC=[C-]1.[Cl-].[Cl-].[Cl-].[Ti+4]. The maximum absolute atomic E-state index is 3.70. The Labute approximate surface area is 264 Å². The maximum Gasteiger partial charge on any atom is 4.00 e. The molecule has 0 radical (unpaired) electrons. The zero-order chi connectivity index (χ0) is 24.5. The van der Waals surface area contributed by atoms with Gasteiger partial charge in [-0.1, -0.05) is 121 Å². The van der Waals surface area contributed by atoms with Crippen molar-refractivity contribution in [1.82, 2.24) is 0 Å². The van der Waals surface area contributed by atoms with Crippen molar-refractivity contribution < 1.29 is 58.9 Å². The zero-order valence-electron chi connectivity index (χ0n) is 23.7. The van der Waals surface area contributed by atoms with Crippen LogP contribution in [0.15, 0.2) is 71.8 Å². The van der Waals surface area contributed by atoms with Gasteiger partial charge in [-0.3, -0.25) is 6.08 Å². The van der Waals surface area contributed by atoms with Crippen molar-refractivity contribution >= 4 is 0 Å². The van der Waals surface area contributed by atoms with Gasteiger partial charge in [-0.05, 0) is 58.2 Å². The van der Waals surface area contributed by atoms with Crippen LogP contribution in [0.1, 0.15) is 82.7 Å². The van der Waals surface area contributed by atoms with Crippen LogP contribution in [0.25, 0.3) is 0 Å². The predicted octanol–water partition coefficient (Wildman–Crippen LogP) is 0.131. The Balaban J connectivity index is 0.00000342. The average Bonchev–Trinajstić information content (AvgIpc) is 3.19. The number of halogens is 3. The average molecular weight is 602 g/mol. The van der Waals surface area contributed by atoms with Crippen molar-refractivity contribution in [1.29, 1.82) is 0 Å². The molecule has 3 aromatic carbocycles. The Morgan fingerprint density at radius 2 is 0.947 bits per heavy atom. The molecule has 0 atom stereocenters. The van der Waals surface area contributed by atoms with Crippen molar-refractivity contribution in [2.75, 3.05) is 0 Å². The van der Waals surface area contributed by atoms with Gasteiger partial charge in [-0.2, -0.15) is 11.6 Å². The van der Waals surface area contributed by atoms with E-state index in [4.69, 9.17) is 0 Å². The topological polar surface area (TPSA) is 0 Å². The van der Waals surface area contributed by atoms with Crippen LogP contribution in [0, 0.1) is 47.6 Å². The first-order valence-corrected chi connectivity index (χ1v) is 12.8. The van der Waals surface area contributed by atoms with Gasteiger partial charge in [0, 0.05) is 5.41 Å². The monoisotopic (exact) mass is 600 g/mol.